The number of aryl methyl sites for hydroxylation is 2. The van der Waals surface area contributed by atoms with Crippen LogP contribution >= 0.6 is 0 Å². The van der Waals surface area contributed by atoms with E-state index >= 15 is 0 Å². The SMILES string of the molecule is CCCCCC(C)C(Cc1c(C)cc(C)cc1F)C(=O)OC(C)(C)C. The Balaban J connectivity index is 3.03. The molecule has 0 saturated heterocycles. The molecule has 0 aliphatic carbocycles. The molecule has 0 aromatic heterocycles. The Hall–Kier alpha value is -1.38. The average molecular weight is 351 g/mol. The number of esters is 1. The van der Waals surface area contributed by atoms with Crippen molar-refractivity contribution in [2.75, 3.05) is 0 Å². The first kappa shape index (κ1) is 21.7. The maximum absolute atomic E-state index is 14.5. The van der Waals surface area contributed by atoms with Crippen molar-refractivity contribution in [1.82, 2.24) is 0 Å². The fourth-order valence-corrected chi connectivity index (χ4v) is 3.24. The summed E-state index contributed by atoms with van der Waals surface area (Å²) < 4.78 is 20.1. The van der Waals surface area contributed by atoms with Gasteiger partial charge in [-0.05, 0) is 76.1 Å². The van der Waals surface area contributed by atoms with Crippen LogP contribution in [0.4, 0.5) is 4.39 Å². The van der Waals surface area contributed by atoms with Crippen LogP contribution in [0.25, 0.3) is 0 Å². The molecule has 2 nitrogen and oxygen atoms in total. The molecule has 0 radical (unpaired) electrons. The summed E-state index contributed by atoms with van der Waals surface area (Å²) in [5, 5.41) is 0. The van der Waals surface area contributed by atoms with Gasteiger partial charge >= 0.3 is 5.97 Å². The minimum atomic E-state index is -0.528. The van der Waals surface area contributed by atoms with E-state index in [1.807, 2.05) is 40.7 Å². The van der Waals surface area contributed by atoms with Crippen LogP contribution in [0.2, 0.25) is 0 Å². The summed E-state index contributed by atoms with van der Waals surface area (Å²) in [6.07, 6.45) is 4.76. The third-order valence-corrected chi connectivity index (χ3v) is 4.65. The molecule has 0 heterocycles. The fraction of sp³-hybridized carbons (Fsp3) is 0.682. The number of carbonyl (C=O) groups excluding carboxylic acids is 1. The third-order valence-electron chi connectivity index (χ3n) is 4.65. The Labute approximate surface area is 153 Å². The minimum absolute atomic E-state index is 0.168. The van der Waals surface area contributed by atoms with Gasteiger partial charge in [0.2, 0.25) is 0 Å². The summed E-state index contributed by atoms with van der Waals surface area (Å²) in [5.74, 6) is -0.573. The van der Waals surface area contributed by atoms with Gasteiger partial charge in [-0.3, -0.25) is 4.79 Å². The van der Waals surface area contributed by atoms with Gasteiger partial charge in [-0.25, -0.2) is 4.39 Å². The van der Waals surface area contributed by atoms with Crippen molar-refractivity contribution in [2.24, 2.45) is 11.8 Å². The number of ether oxygens (including phenoxy) is 1. The number of halogens is 1. The molecule has 3 heteroatoms. The van der Waals surface area contributed by atoms with Crippen molar-refractivity contribution in [1.29, 1.82) is 0 Å². The lowest BCUT2D eigenvalue weighted by molar-refractivity contribution is -0.162. The largest absolute Gasteiger partial charge is 0.460 e. The van der Waals surface area contributed by atoms with E-state index in [0.29, 0.717) is 12.0 Å². The summed E-state index contributed by atoms with van der Waals surface area (Å²) in [6.45, 7) is 13.7. The quantitative estimate of drug-likeness (QED) is 0.414. The van der Waals surface area contributed by atoms with E-state index in [0.717, 1.165) is 36.8 Å². The van der Waals surface area contributed by atoms with Gasteiger partial charge in [0.25, 0.3) is 0 Å². The zero-order valence-electron chi connectivity index (χ0n) is 17.0. The lowest BCUT2D eigenvalue weighted by Crippen LogP contribution is -2.33. The monoisotopic (exact) mass is 350 g/mol. The van der Waals surface area contributed by atoms with Crippen LogP contribution in [-0.2, 0) is 16.0 Å². The Morgan fingerprint density at radius 2 is 1.84 bits per heavy atom. The lowest BCUT2D eigenvalue weighted by atomic mass is 9.83. The summed E-state index contributed by atoms with van der Waals surface area (Å²) in [6, 6.07) is 3.53. The first-order valence-corrected chi connectivity index (χ1v) is 9.53. The molecule has 0 saturated carbocycles. The second kappa shape index (κ2) is 9.35. The highest BCUT2D eigenvalue weighted by atomic mass is 19.1. The molecular weight excluding hydrogens is 315 g/mol. The van der Waals surface area contributed by atoms with Crippen molar-refractivity contribution in [2.45, 2.75) is 86.2 Å². The maximum Gasteiger partial charge on any atom is 0.310 e. The van der Waals surface area contributed by atoms with Crippen LogP contribution in [0.1, 0.15) is 77.0 Å². The van der Waals surface area contributed by atoms with Gasteiger partial charge in [0.15, 0.2) is 0 Å². The standard InChI is InChI=1S/C22H35FO2/c1-8-9-10-11-16(3)19(21(24)25-22(5,6)7)14-18-17(4)12-15(2)13-20(18)23/h12-13,16,19H,8-11,14H2,1-7H3. The molecule has 1 aromatic carbocycles. The first-order chi connectivity index (χ1) is 11.5. The molecule has 0 amide bonds. The first-order valence-electron chi connectivity index (χ1n) is 9.53. The molecule has 1 rings (SSSR count). The molecule has 0 spiro atoms. The average Bonchev–Trinajstić information content (AvgIpc) is 2.44. The number of carbonyl (C=O) groups is 1. The molecule has 0 N–H and O–H groups in total. The zero-order chi connectivity index (χ0) is 19.2. The van der Waals surface area contributed by atoms with Crippen LogP contribution in [0.15, 0.2) is 12.1 Å². The number of unbranched alkanes of at least 4 members (excludes halogenated alkanes) is 2. The van der Waals surface area contributed by atoms with E-state index in [-0.39, 0.29) is 23.6 Å². The van der Waals surface area contributed by atoms with Gasteiger partial charge in [0.1, 0.15) is 11.4 Å². The number of rotatable bonds is 8. The van der Waals surface area contributed by atoms with Crippen LogP contribution in [-0.4, -0.2) is 11.6 Å². The number of hydrogen-bond donors (Lipinski definition) is 0. The molecule has 2 unspecified atom stereocenters. The van der Waals surface area contributed by atoms with Crippen LogP contribution in [0.5, 0.6) is 0 Å². The van der Waals surface area contributed by atoms with Gasteiger partial charge < -0.3 is 4.74 Å². The normalized spacial score (nSPS) is 14.2. The van der Waals surface area contributed by atoms with Crippen molar-refractivity contribution in [3.05, 3.63) is 34.6 Å². The van der Waals surface area contributed by atoms with Gasteiger partial charge in [0, 0.05) is 0 Å². The zero-order valence-corrected chi connectivity index (χ0v) is 17.0. The molecule has 25 heavy (non-hydrogen) atoms. The second-order valence-corrected chi connectivity index (χ2v) is 8.36. The van der Waals surface area contributed by atoms with Gasteiger partial charge in [0.05, 0.1) is 5.92 Å². The molecule has 0 bridgehead atoms. The number of hydrogen-bond acceptors (Lipinski definition) is 2. The molecule has 0 aliphatic heterocycles. The summed E-state index contributed by atoms with van der Waals surface area (Å²) in [5.41, 5.74) is 1.93. The fourth-order valence-electron chi connectivity index (χ4n) is 3.24. The van der Waals surface area contributed by atoms with E-state index in [4.69, 9.17) is 4.74 Å². The Bertz CT molecular complexity index is 549. The topological polar surface area (TPSA) is 26.3 Å². The van der Waals surface area contributed by atoms with Crippen LogP contribution in [0.3, 0.4) is 0 Å². The molecule has 2 atom stereocenters. The van der Waals surface area contributed by atoms with E-state index < -0.39 is 5.60 Å². The summed E-state index contributed by atoms with van der Waals surface area (Å²) in [4.78, 5) is 12.8. The molecule has 142 valence electrons. The molecule has 0 aliphatic rings. The van der Waals surface area contributed by atoms with Crippen molar-refractivity contribution >= 4 is 5.97 Å². The Kier molecular flexibility index (Phi) is 8.11. The van der Waals surface area contributed by atoms with E-state index in [1.165, 1.54) is 0 Å². The molecule has 1 aromatic rings. The smallest absolute Gasteiger partial charge is 0.310 e. The van der Waals surface area contributed by atoms with Crippen molar-refractivity contribution in [3.63, 3.8) is 0 Å². The second-order valence-electron chi connectivity index (χ2n) is 8.36. The van der Waals surface area contributed by atoms with E-state index in [9.17, 15) is 9.18 Å². The molecule has 0 fully saturated rings. The Morgan fingerprint density at radius 3 is 2.36 bits per heavy atom. The van der Waals surface area contributed by atoms with E-state index in [1.54, 1.807) is 6.07 Å². The number of benzene rings is 1. The van der Waals surface area contributed by atoms with Crippen molar-refractivity contribution in [3.8, 4) is 0 Å². The van der Waals surface area contributed by atoms with Crippen molar-refractivity contribution < 1.29 is 13.9 Å². The minimum Gasteiger partial charge on any atom is -0.460 e. The summed E-state index contributed by atoms with van der Waals surface area (Å²) in [7, 11) is 0. The lowest BCUT2D eigenvalue weighted by Gasteiger charge is -2.28. The predicted molar refractivity (Wildman–Crippen MR) is 102 cm³/mol. The maximum atomic E-state index is 14.5. The van der Waals surface area contributed by atoms with Gasteiger partial charge in [-0.15, -0.1) is 0 Å². The Morgan fingerprint density at radius 1 is 1.20 bits per heavy atom. The van der Waals surface area contributed by atoms with Gasteiger partial charge in [-0.2, -0.15) is 0 Å². The van der Waals surface area contributed by atoms with Crippen LogP contribution < -0.4 is 0 Å². The van der Waals surface area contributed by atoms with Gasteiger partial charge in [-0.1, -0.05) is 39.2 Å². The third kappa shape index (κ3) is 7.17. The highest BCUT2D eigenvalue weighted by molar-refractivity contribution is 5.73. The highest BCUT2D eigenvalue weighted by Gasteiger charge is 2.31. The van der Waals surface area contributed by atoms with Crippen LogP contribution in [0, 0.1) is 31.5 Å². The molecular formula is C22H35FO2. The predicted octanol–water partition coefficient (Wildman–Crippen LogP) is 6.16. The summed E-state index contributed by atoms with van der Waals surface area (Å²) >= 11 is 0. The van der Waals surface area contributed by atoms with E-state index in [2.05, 4.69) is 13.8 Å². The highest BCUT2D eigenvalue weighted by Crippen LogP contribution is 2.28.